The van der Waals surface area contributed by atoms with E-state index in [1.807, 2.05) is 6.08 Å². The molecule has 0 spiro atoms. The summed E-state index contributed by atoms with van der Waals surface area (Å²) in [5.41, 5.74) is 1.10. The molecule has 1 aliphatic carbocycles. The van der Waals surface area contributed by atoms with Crippen LogP contribution in [0.4, 0.5) is 0 Å². The summed E-state index contributed by atoms with van der Waals surface area (Å²) in [6, 6.07) is 8.55. The molecular weight excluding hydrogens is 284 g/mol. The Kier molecular flexibility index (Phi) is 5.56. The molecule has 1 aliphatic rings. The lowest BCUT2D eigenvalue weighted by Crippen LogP contribution is -2.40. The molecule has 0 saturated heterocycles. The average Bonchev–Trinajstić information content (AvgIpc) is 2.54. The van der Waals surface area contributed by atoms with Crippen molar-refractivity contribution in [2.75, 3.05) is 7.11 Å². The van der Waals surface area contributed by atoms with Crippen LogP contribution in [0.1, 0.15) is 52.5 Å². The maximum absolute atomic E-state index is 6.33. The second-order valence-corrected chi connectivity index (χ2v) is 7.10. The molecule has 126 valence electrons. The van der Waals surface area contributed by atoms with Crippen LogP contribution in [0, 0.1) is 11.8 Å². The van der Waals surface area contributed by atoms with Crippen LogP contribution in [-0.4, -0.2) is 12.7 Å². The lowest BCUT2D eigenvalue weighted by molar-refractivity contribution is 0.0477. The zero-order chi connectivity index (χ0) is 17.0. The van der Waals surface area contributed by atoms with Gasteiger partial charge in [0.1, 0.15) is 17.1 Å². The van der Waals surface area contributed by atoms with Crippen molar-refractivity contribution in [1.82, 2.24) is 0 Å². The molecule has 0 aromatic heterocycles. The van der Waals surface area contributed by atoms with Gasteiger partial charge >= 0.3 is 0 Å². The van der Waals surface area contributed by atoms with E-state index >= 15 is 0 Å². The summed E-state index contributed by atoms with van der Waals surface area (Å²) in [6.45, 7) is 11.0. The normalized spacial score (nSPS) is 22.4. The van der Waals surface area contributed by atoms with E-state index < -0.39 is 0 Å². The first-order valence-corrected chi connectivity index (χ1v) is 8.60. The molecule has 0 radical (unpaired) electrons. The third-order valence-corrected chi connectivity index (χ3v) is 4.94. The largest absolute Gasteiger partial charge is 0.497 e. The van der Waals surface area contributed by atoms with E-state index in [1.54, 1.807) is 7.11 Å². The molecule has 3 unspecified atom stereocenters. The number of ether oxygens (including phenoxy) is 2. The summed E-state index contributed by atoms with van der Waals surface area (Å²) in [5, 5.41) is 0. The maximum Gasteiger partial charge on any atom is 0.120 e. The van der Waals surface area contributed by atoms with Crippen molar-refractivity contribution in [1.29, 1.82) is 0 Å². The van der Waals surface area contributed by atoms with Crippen molar-refractivity contribution in [3.8, 4) is 5.75 Å². The Bertz CT molecular complexity index is 566. The molecule has 23 heavy (non-hydrogen) atoms. The lowest BCUT2D eigenvalue weighted by atomic mass is 9.78. The van der Waals surface area contributed by atoms with Crippen LogP contribution < -0.4 is 4.74 Å². The fourth-order valence-corrected chi connectivity index (χ4v) is 3.26. The first-order chi connectivity index (χ1) is 10.9. The van der Waals surface area contributed by atoms with Gasteiger partial charge in [0.05, 0.1) is 7.11 Å². The zero-order valence-electron chi connectivity index (χ0n) is 15.3. The lowest BCUT2D eigenvalue weighted by Gasteiger charge is -2.37. The van der Waals surface area contributed by atoms with Gasteiger partial charge in [0.2, 0.25) is 0 Å². The van der Waals surface area contributed by atoms with Gasteiger partial charge in [0.25, 0.3) is 0 Å². The number of benzene rings is 1. The number of methoxy groups -OCH3 is 1. The molecule has 0 heterocycles. The zero-order valence-corrected chi connectivity index (χ0v) is 15.3. The van der Waals surface area contributed by atoms with Gasteiger partial charge in [-0.05, 0) is 62.0 Å². The Morgan fingerprint density at radius 1 is 1.17 bits per heavy atom. The molecule has 2 nitrogen and oxygen atoms in total. The Labute approximate surface area is 141 Å². The van der Waals surface area contributed by atoms with Crippen LogP contribution in [0.25, 0.3) is 0 Å². The average molecular weight is 314 g/mol. The van der Waals surface area contributed by atoms with Gasteiger partial charge in [-0.2, -0.15) is 0 Å². The summed E-state index contributed by atoms with van der Waals surface area (Å²) in [6.07, 6.45) is 7.57. The molecule has 1 aromatic carbocycles. The van der Waals surface area contributed by atoms with E-state index in [1.165, 1.54) is 5.56 Å². The second-order valence-electron chi connectivity index (χ2n) is 7.10. The molecule has 0 fully saturated rings. The third-order valence-electron chi connectivity index (χ3n) is 4.94. The van der Waals surface area contributed by atoms with Crippen molar-refractivity contribution in [3.63, 3.8) is 0 Å². The minimum absolute atomic E-state index is 0.274. The summed E-state index contributed by atoms with van der Waals surface area (Å²) in [4.78, 5) is 0. The molecular formula is C21H30O2. The highest BCUT2D eigenvalue weighted by Gasteiger charge is 2.34. The fourth-order valence-electron chi connectivity index (χ4n) is 3.26. The minimum atomic E-state index is -0.274. The van der Waals surface area contributed by atoms with E-state index in [4.69, 9.17) is 9.47 Å². The quantitative estimate of drug-likeness (QED) is 0.669. The number of hydrogen-bond donors (Lipinski definition) is 0. The first-order valence-electron chi connectivity index (χ1n) is 8.60. The van der Waals surface area contributed by atoms with Gasteiger partial charge in [-0.15, -0.1) is 0 Å². The molecule has 3 atom stereocenters. The van der Waals surface area contributed by atoms with Crippen molar-refractivity contribution in [2.24, 2.45) is 11.8 Å². The predicted molar refractivity (Wildman–Crippen MR) is 96.7 cm³/mol. The summed E-state index contributed by atoms with van der Waals surface area (Å²) in [5.74, 6) is 3.16. The van der Waals surface area contributed by atoms with Crippen LogP contribution in [-0.2, 0) is 4.74 Å². The fraction of sp³-hybridized carbons (Fsp3) is 0.524. The molecule has 2 rings (SSSR count). The Morgan fingerprint density at radius 2 is 1.83 bits per heavy atom. The molecule has 0 N–H and O–H groups in total. The highest BCUT2D eigenvalue weighted by molar-refractivity contribution is 5.30. The standard InChI is InChI=1S/C21H30O2/c1-7-15(2)17-8-10-18(11-9-17)23-21(4,5)20-13-12-19(22-6)14-16(20)3/h8-16,20H,7H2,1-6H3. The highest BCUT2D eigenvalue weighted by atomic mass is 16.5. The number of rotatable bonds is 6. The van der Waals surface area contributed by atoms with Gasteiger partial charge in [0, 0.05) is 5.92 Å². The smallest absolute Gasteiger partial charge is 0.120 e. The Hall–Kier alpha value is -1.70. The molecule has 0 saturated carbocycles. The van der Waals surface area contributed by atoms with Crippen LogP contribution in [0.2, 0.25) is 0 Å². The van der Waals surface area contributed by atoms with Crippen molar-refractivity contribution in [2.45, 2.75) is 52.6 Å². The number of allylic oxidation sites excluding steroid dienone is 2. The Balaban J connectivity index is 2.09. The van der Waals surface area contributed by atoms with E-state index in [0.717, 1.165) is 17.9 Å². The molecule has 0 aliphatic heterocycles. The second kappa shape index (κ2) is 7.25. The number of hydrogen-bond acceptors (Lipinski definition) is 2. The van der Waals surface area contributed by atoms with Gasteiger partial charge in [-0.3, -0.25) is 0 Å². The Morgan fingerprint density at radius 3 is 2.35 bits per heavy atom. The van der Waals surface area contributed by atoms with Crippen LogP contribution in [0.5, 0.6) is 5.75 Å². The summed E-state index contributed by atoms with van der Waals surface area (Å²) >= 11 is 0. The van der Waals surface area contributed by atoms with Gasteiger partial charge in [0.15, 0.2) is 0 Å². The van der Waals surface area contributed by atoms with E-state index in [-0.39, 0.29) is 5.60 Å². The van der Waals surface area contributed by atoms with Crippen LogP contribution >= 0.6 is 0 Å². The van der Waals surface area contributed by atoms with Crippen molar-refractivity contribution >= 4 is 0 Å². The van der Waals surface area contributed by atoms with E-state index in [2.05, 4.69) is 71.0 Å². The molecule has 0 bridgehead atoms. The predicted octanol–water partition coefficient (Wildman–Crippen LogP) is 5.71. The third kappa shape index (κ3) is 4.19. The SMILES string of the molecule is CCC(C)c1ccc(OC(C)(C)C2C=CC(OC)=CC2C)cc1. The molecule has 2 heteroatoms. The molecule has 0 amide bonds. The summed E-state index contributed by atoms with van der Waals surface area (Å²) < 4.78 is 11.6. The topological polar surface area (TPSA) is 18.5 Å². The van der Waals surface area contributed by atoms with E-state index in [0.29, 0.717) is 17.8 Å². The van der Waals surface area contributed by atoms with E-state index in [9.17, 15) is 0 Å². The highest BCUT2D eigenvalue weighted by Crippen LogP contribution is 2.35. The first kappa shape index (κ1) is 17.7. The van der Waals surface area contributed by atoms with Gasteiger partial charge in [-0.25, -0.2) is 0 Å². The monoisotopic (exact) mass is 314 g/mol. The van der Waals surface area contributed by atoms with Crippen LogP contribution in [0.3, 0.4) is 0 Å². The van der Waals surface area contributed by atoms with Crippen molar-refractivity contribution < 1.29 is 9.47 Å². The maximum atomic E-state index is 6.33. The van der Waals surface area contributed by atoms with Crippen molar-refractivity contribution in [3.05, 3.63) is 53.8 Å². The van der Waals surface area contributed by atoms with Gasteiger partial charge in [-0.1, -0.05) is 39.0 Å². The minimum Gasteiger partial charge on any atom is -0.497 e. The summed E-state index contributed by atoms with van der Waals surface area (Å²) in [7, 11) is 1.71. The van der Waals surface area contributed by atoms with Crippen LogP contribution in [0.15, 0.2) is 48.3 Å². The molecule has 1 aromatic rings. The van der Waals surface area contributed by atoms with Gasteiger partial charge < -0.3 is 9.47 Å².